The van der Waals surface area contributed by atoms with E-state index in [1.807, 2.05) is 82.3 Å². The molecule has 0 bridgehead atoms. The molecule has 4 fully saturated rings. The van der Waals surface area contributed by atoms with Gasteiger partial charge in [0.25, 0.3) is 23.6 Å². The maximum absolute atomic E-state index is 13.9. The predicted octanol–water partition coefficient (Wildman–Crippen LogP) is 8.41. The fraction of sp³-hybridized carbons (Fsp3) is 0.271. The first-order chi connectivity index (χ1) is 60.1. The molecule has 4 aliphatic rings. The molecule has 4 N–H and O–H groups in total. The number of fused-ring (bicyclic) bond motifs is 4. The van der Waals surface area contributed by atoms with Crippen LogP contribution >= 0.6 is 0 Å². The van der Waals surface area contributed by atoms with Gasteiger partial charge < -0.3 is 58.5 Å². The number of hydrogen-bond donors (Lipinski definition) is 4. The van der Waals surface area contributed by atoms with Gasteiger partial charge in [0.1, 0.15) is 42.6 Å². The van der Waals surface area contributed by atoms with Crippen LogP contribution in [0.4, 0.5) is 32.1 Å². The van der Waals surface area contributed by atoms with E-state index in [2.05, 4.69) is 168 Å². The van der Waals surface area contributed by atoms with Crippen molar-refractivity contribution < 1.29 is 36.4 Å². The first-order valence-corrected chi connectivity index (χ1v) is 42.3. The number of nitrogens with one attached hydrogen (secondary N) is 4. The highest BCUT2D eigenvalue weighted by molar-refractivity contribution is 7.90. The largest absolute Gasteiger partial charge is 0.353 e. The molecule has 0 saturated carbocycles. The SMILES string of the molecule is CC(C)c1cn2cccc2c(N2CC[C@H](NC(=O)c3ncn(-c4ccc(F)cc4)n3)C2)n1.CC(C)c1cn2cccc2c(N2CC[C@H](NC(=O)c3ncn(-c4ccccc4)n3)C2)n1.CS(=O)(=O)c1ccc(-n2cnc(C(=O)N[C@H]3CCN(c4nccn5ccnc45)C3)n2)cc1.O=C(N[C@H]1CCN(c2nccn3ccnc23)C1)c1ncn(-c2ccccc2F)n1. The van der Waals surface area contributed by atoms with Crippen LogP contribution in [0.25, 0.3) is 45.1 Å². The number of amides is 4. The van der Waals surface area contributed by atoms with Gasteiger partial charge >= 0.3 is 0 Å². The lowest BCUT2D eigenvalue weighted by atomic mass is 10.1. The molecule has 0 spiro atoms. The Labute approximate surface area is 708 Å². The molecule has 16 aromatic rings. The van der Waals surface area contributed by atoms with Gasteiger partial charge in [-0.25, -0.2) is 85.8 Å². The Balaban J connectivity index is 0.000000117. The number of aromatic nitrogens is 22. The number of imidazole rings is 2. The highest BCUT2D eigenvalue weighted by atomic mass is 32.2. The minimum absolute atomic E-state index is 0.000173. The number of nitrogens with zero attached hydrogens (tertiary/aromatic N) is 26. The third-order valence-corrected chi connectivity index (χ3v) is 22.7. The van der Waals surface area contributed by atoms with E-state index in [0.717, 1.165) is 121 Å². The summed E-state index contributed by atoms with van der Waals surface area (Å²) >= 11 is 0. The van der Waals surface area contributed by atoms with Crippen LogP contribution < -0.4 is 40.9 Å². The number of para-hydroxylation sites is 2. The molecule has 632 valence electrons. The van der Waals surface area contributed by atoms with E-state index in [0.29, 0.717) is 49.4 Å². The Hall–Kier alpha value is -15.1. The Morgan fingerprint density at radius 1 is 0.387 bits per heavy atom. The number of halogens is 2. The summed E-state index contributed by atoms with van der Waals surface area (Å²) in [4.78, 5) is 103. The molecule has 12 aromatic heterocycles. The van der Waals surface area contributed by atoms with Crippen molar-refractivity contribution in [1.82, 2.24) is 128 Å². The van der Waals surface area contributed by atoms with Gasteiger partial charge in [-0.15, -0.1) is 20.4 Å². The second-order valence-electron chi connectivity index (χ2n) is 30.9. The van der Waals surface area contributed by atoms with Crippen LogP contribution in [-0.4, -0.2) is 221 Å². The van der Waals surface area contributed by atoms with E-state index in [-0.39, 0.29) is 87.5 Å². The van der Waals surface area contributed by atoms with Crippen LogP contribution in [0, 0.1) is 11.6 Å². The lowest BCUT2D eigenvalue weighted by Gasteiger charge is -2.21. The zero-order valence-electron chi connectivity index (χ0n) is 68.1. The average Bonchev–Trinajstić information content (AvgIpc) is 1.64. The number of anilines is 4. The Kier molecular flexibility index (Phi) is 23.2. The normalized spacial score (nSPS) is 16.4. The molecule has 4 aromatic carbocycles. The van der Waals surface area contributed by atoms with Crippen LogP contribution in [0.2, 0.25) is 0 Å². The second-order valence-corrected chi connectivity index (χ2v) is 32.9. The molecule has 4 aliphatic heterocycles. The molecular formula is C85H86F2N30O6S. The zero-order valence-corrected chi connectivity index (χ0v) is 68.9. The molecule has 0 aliphatic carbocycles. The smallest absolute Gasteiger partial charge is 0.291 e. The molecule has 4 atom stereocenters. The summed E-state index contributed by atoms with van der Waals surface area (Å²) in [5.74, 6) is 2.36. The minimum atomic E-state index is -3.28. The highest BCUT2D eigenvalue weighted by Gasteiger charge is 2.33. The third-order valence-electron chi connectivity index (χ3n) is 21.6. The van der Waals surface area contributed by atoms with Gasteiger partial charge in [0, 0.05) is 157 Å². The Bertz CT molecular complexity index is 6640. The summed E-state index contributed by atoms with van der Waals surface area (Å²) in [5.41, 5.74) is 8.14. The highest BCUT2D eigenvalue weighted by Crippen LogP contribution is 2.31. The third kappa shape index (κ3) is 18.0. The molecule has 4 saturated heterocycles. The van der Waals surface area contributed by atoms with Gasteiger partial charge in [0.05, 0.1) is 44.4 Å². The monoisotopic (exact) mass is 1690 g/mol. The molecule has 39 heteroatoms. The zero-order chi connectivity index (χ0) is 85.7. The van der Waals surface area contributed by atoms with Gasteiger partial charge in [0.15, 0.2) is 44.4 Å². The number of benzene rings is 4. The van der Waals surface area contributed by atoms with E-state index < -0.39 is 15.7 Å². The molecule has 0 unspecified atom stereocenters. The van der Waals surface area contributed by atoms with Crippen molar-refractivity contribution >= 4 is 79.1 Å². The van der Waals surface area contributed by atoms with Crippen molar-refractivity contribution in [3.63, 3.8) is 0 Å². The lowest BCUT2D eigenvalue weighted by Crippen LogP contribution is -2.37. The lowest BCUT2D eigenvalue weighted by molar-refractivity contribution is 0.0921. The van der Waals surface area contributed by atoms with Crippen LogP contribution in [0.1, 0.15) is 119 Å². The van der Waals surface area contributed by atoms with E-state index in [1.54, 1.807) is 78.3 Å². The minimum Gasteiger partial charge on any atom is -0.353 e. The Morgan fingerprint density at radius 3 is 1.14 bits per heavy atom. The molecule has 36 nitrogen and oxygen atoms in total. The summed E-state index contributed by atoms with van der Waals surface area (Å²) in [5, 5.41) is 28.9. The van der Waals surface area contributed by atoms with Crippen LogP contribution in [0.5, 0.6) is 0 Å². The predicted molar refractivity (Wildman–Crippen MR) is 455 cm³/mol. The Morgan fingerprint density at radius 2 is 0.742 bits per heavy atom. The van der Waals surface area contributed by atoms with E-state index in [4.69, 9.17) is 9.97 Å². The number of carbonyl (C=O) groups is 4. The fourth-order valence-electron chi connectivity index (χ4n) is 15.1. The van der Waals surface area contributed by atoms with Crippen molar-refractivity contribution in [1.29, 1.82) is 0 Å². The summed E-state index contributed by atoms with van der Waals surface area (Å²) in [6.45, 7) is 14.3. The summed E-state index contributed by atoms with van der Waals surface area (Å²) in [7, 11) is -3.28. The van der Waals surface area contributed by atoms with Crippen LogP contribution in [0.3, 0.4) is 0 Å². The van der Waals surface area contributed by atoms with Gasteiger partial charge in [0.2, 0.25) is 23.3 Å². The number of hydrogen-bond acceptors (Lipinski definition) is 24. The number of carbonyl (C=O) groups excluding carboxylic acids is 4. The number of rotatable bonds is 19. The first kappa shape index (κ1) is 81.3. The van der Waals surface area contributed by atoms with Crippen molar-refractivity contribution in [2.75, 3.05) is 78.2 Å². The number of sulfone groups is 1. The van der Waals surface area contributed by atoms with Crippen LogP contribution in [0.15, 0.2) is 232 Å². The average molecular weight is 1690 g/mol. The van der Waals surface area contributed by atoms with E-state index >= 15 is 0 Å². The fourth-order valence-corrected chi connectivity index (χ4v) is 15.8. The van der Waals surface area contributed by atoms with E-state index in [9.17, 15) is 36.4 Å². The molecule has 4 amide bonds. The van der Waals surface area contributed by atoms with Gasteiger partial charge in [-0.1, -0.05) is 58.0 Å². The molecular weight excluding hydrogens is 1610 g/mol. The van der Waals surface area contributed by atoms with Crippen molar-refractivity contribution in [3.8, 4) is 22.7 Å². The van der Waals surface area contributed by atoms with Gasteiger partial charge in [-0.05, 0) is 135 Å². The quantitative estimate of drug-likeness (QED) is 0.0590. The van der Waals surface area contributed by atoms with Crippen molar-refractivity contribution in [2.24, 2.45) is 0 Å². The van der Waals surface area contributed by atoms with Crippen molar-refractivity contribution in [2.45, 2.75) is 94.3 Å². The first-order valence-electron chi connectivity index (χ1n) is 40.4. The van der Waals surface area contributed by atoms with Crippen molar-refractivity contribution in [3.05, 3.63) is 273 Å². The van der Waals surface area contributed by atoms with Crippen LogP contribution in [-0.2, 0) is 9.84 Å². The standard InChI is InChI=1S/C23H24FN7O.C23H25N7O.C20H20N8O3S.C19H17FN8O/c1-15(2)19-13-29-10-3-4-20(29)22(27-19)30-11-9-17(12-30)26-23(32)21-25-14-31(28-21)18-7-5-16(24)6-8-18;1-16(2)19-14-28-11-6-9-20(28)22(26-19)29-12-10-17(13-29)25-23(31)21-24-15-30(27-21)18-7-4-3-5-8-18;1-32(30,31)16-4-2-15(3-5-16)28-13-23-17(25-28)20(29)24-14-6-9-27(12-14)19-18-21-7-10-26(18)11-8-22-19;20-14-3-1-2-4-15(14)28-12-23-16(25-28)19(29)24-13-5-8-27(11-13)18-17-21-6-9-26(17)10-7-22-18/h3-8,10,13-15,17H,9,11-12H2,1-2H3,(H,26,32);3-9,11,14-17H,10,12-13H2,1-2H3,(H,25,31);2-5,7-8,10-11,13-14H,6,9,12H2,1H3,(H,24,29);1-4,6-7,9-10,12-13H,5,8,11H2,(H,24,29)/t2*17-;14-;13-/m0000/s1. The van der Waals surface area contributed by atoms with Gasteiger partial charge in [-0.2, -0.15) is 0 Å². The summed E-state index contributed by atoms with van der Waals surface area (Å²) in [6.07, 6.45) is 32.7. The molecule has 20 rings (SSSR count). The maximum Gasteiger partial charge on any atom is 0.291 e. The van der Waals surface area contributed by atoms with Gasteiger partial charge in [-0.3, -0.25) is 19.2 Å². The van der Waals surface area contributed by atoms with E-state index in [1.165, 1.54) is 63.4 Å². The molecule has 124 heavy (non-hydrogen) atoms. The maximum atomic E-state index is 13.9. The second kappa shape index (κ2) is 35.3. The molecule has 16 heterocycles. The summed E-state index contributed by atoms with van der Waals surface area (Å²) in [6, 6.07) is 35.9. The topological polar surface area (TPSA) is 381 Å². The molecule has 0 radical (unpaired) electrons. The summed E-state index contributed by atoms with van der Waals surface area (Å²) < 4.78 is 64.1.